The lowest BCUT2D eigenvalue weighted by molar-refractivity contribution is -0.0196. The Labute approximate surface area is 87.7 Å². The van der Waals surface area contributed by atoms with Crippen LogP contribution in [-0.4, -0.2) is 19.0 Å². The van der Waals surface area contributed by atoms with Crippen LogP contribution >= 0.6 is 11.8 Å². The predicted molar refractivity (Wildman–Crippen MR) is 56.2 cm³/mol. The number of ether oxygens (including phenoxy) is 1. The molecule has 1 fully saturated rings. The lowest BCUT2D eigenvalue weighted by atomic mass is 10.1. The van der Waals surface area contributed by atoms with E-state index in [-0.39, 0.29) is 5.82 Å². The van der Waals surface area contributed by atoms with E-state index in [1.807, 2.05) is 13.0 Å². The third-order valence-electron chi connectivity index (χ3n) is 2.32. The van der Waals surface area contributed by atoms with Crippen LogP contribution in [-0.2, 0) is 4.74 Å². The van der Waals surface area contributed by atoms with Crippen molar-refractivity contribution in [1.29, 1.82) is 0 Å². The molecule has 76 valence electrons. The van der Waals surface area contributed by atoms with Crippen molar-refractivity contribution in [3.8, 4) is 0 Å². The van der Waals surface area contributed by atoms with Gasteiger partial charge in [0.25, 0.3) is 0 Å². The molecule has 0 aromatic heterocycles. The quantitative estimate of drug-likeness (QED) is 0.712. The molecule has 1 aliphatic rings. The van der Waals surface area contributed by atoms with Crippen molar-refractivity contribution < 1.29 is 9.13 Å². The van der Waals surface area contributed by atoms with Crippen molar-refractivity contribution in [2.75, 3.05) is 19.0 Å². The fraction of sp³-hybridized carbons (Fsp3) is 0.455. The molecule has 2 rings (SSSR count). The first-order chi connectivity index (χ1) is 6.75. The molecular formula is C11H13FOS. The molecule has 1 aromatic rings. The minimum Gasteiger partial charge on any atom is -0.381 e. The molecular weight excluding hydrogens is 199 g/mol. The molecule has 1 nitrogen and oxygen atoms in total. The summed E-state index contributed by atoms with van der Waals surface area (Å²) in [5.74, 6) is 1.61. The van der Waals surface area contributed by atoms with Crippen molar-refractivity contribution in [1.82, 2.24) is 0 Å². The largest absolute Gasteiger partial charge is 0.381 e. The van der Waals surface area contributed by atoms with Crippen LogP contribution < -0.4 is 0 Å². The number of hydrogen-bond acceptors (Lipinski definition) is 2. The molecule has 14 heavy (non-hydrogen) atoms. The first-order valence-electron chi connectivity index (χ1n) is 4.72. The molecule has 0 radical (unpaired) electrons. The lowest BCUT2D eigenvalue weighted by Gasteiger charge is -2.25. The average Bonchev–Trinajstić information content (AvgIpc) is 2.05. The van der Waals surface area contributed by atoms with Gasteiger partial charge in [-0.1, -0.05) is 0 Å². The average molecular weight is 212 g/mol. The summed E-state index contributed by atoms with van der Waals surface area (Å²) in [7, 11) is 0. The fourth-order valence-electron chi connectivity index (χ4n) is 1.36. The molecule has 0 aliphatic carbocycles. The number of thioether (sulfide) groups is 1. The highest BCUT2D eigenvalue weighted by Crippen LogP contribution is 2.27. The Morgan fingerprint density at radius 2 is 2.29 bits per heavy atom. The highest BCUT2D eigenvalue weighted by atomic mass is 32.2. The van der Waals surface area contributed by atoms with Gasteiger partial charge in [-0.15, -0.1) is 11.8 Å². The van der Waals surface area contributed by atoms with Gasteiger partial charge >= 0.3 is 0 Å². The van der Waals surface area contributed by atoms with Crippen LogP contribution in [0.15, 0.2) is 23.1 Å². The van der Waals surface area contributed by atoms with E-state index in [2.05, 4.69) is 0 Å². The van der Waals surface area contributed by atoms with Gasteiger partial charge in [-0.3, -0.25) is 0 Å². The van der Waals surface area contributed by atoms with Gasteiger partial charge in [-0.2, -0.15) is 0 Å². The van der Waals surface area contributed by atoms with Crippen LogP contribution in [0.1, 0.15) is 5.56 Å². The summed E-state index contributed by atoms with van der Waals surface area (Å²) in [6.45, 7) is 3.71. The van der Waals surface area contributed by atoms with Crippen molar-refractivity contribution in [3.63, 3.8) is 0 Å². The minimum absolute atomic E-state index is 0.154. The fourth-order valence-corrected chi connectivity index (χ4v) is 2.42. The molecule has 0 spiro atoms. The number of hydrogen-bond donors (Lipinski definition) is 0. The summed E-state index contributed by atoms with van der Waals surface area (Å²) in [6.07, 6.45) is 0. The smallest absolute Gasteiger partial charge is 0.123 e. The number of rotatable bonds is 3. The van der Waals surface area contributed by atoms with Crippen molar-refractivity contribution in [2.45, 2.75) is 11.8 Å². The Hall–Kier alpha value is -0.540. The van der Waals surface area contributed by atoms with Gasteiger partial charge in [0.05, 0.1) is 13.2 Å². The van der Waals surface area contributed by atoms with Crippen LogP contribution in [0.4, 0.5) is 4.39 Å². The van der Waals surface area contributed by atoms with Crippen molar-refractivity contribution in [3.05, 3.63) is 29.6 Å². The van der Waals surface area contributed by atoms with E-state index >= 15 is 0 Å². The molecule has 1 aliphatic heterocycles. The molecule has 0 bridgehead atoms. The zero-order chi connectivity index (χ0) is 9.97. The molecule has 3 heteroatoms. The lowest BCUT2D eigenvalue weighted by Crippen LogP contribution is -2.29. The van der Waals surface area contributed by atoms with Crippen LogP contribution in [0.5, 0.6) is 0 Å². The second-order valence-corrected chi connectivity index (χ2v) is 4.69. The summed E-state index contributed by atoms with van der Waals surface area (Å²) >= 11 is 1.79. The topological polar surface area (TPSA) is 9.23 Å². The maximum Gasteiger partial charge on any atom is 0.123 e. The summed E-state index contributed by atoms with van der Waals surface area (Å²) in [5, 5.41) is 0. The van der Waals surface area contributed by atoms with Crippen LogP contribution in [0, 0.1) is 18.7 Å². The first-order valence-corrected chi connectivity index (χ1v) is 5.71. The number of benzene rings is 1. The van der Waals surface area contributed by atoms with Crippen LogP contribution in [0.2, 0.25) is 0 Å². The Balaban J connectivity index is 1.94. The van der Waals surface area contributed by atoms with Gasteiger partial charge < -0.3 is 4.74 Å². The molecule has 0 atom stereocenters. The van der Waals surface area contributed by atoms with E-state index in [0.29, 0.717) is 5.92 Å². The van der Waals surface area contributed by atoms with E-state index in [9.17, 15) is 4.39 Å². The summed E-state index contributed by atoms with van der Waals surface area (Å²) in [4.78, 5) is 1.18. The molecule has 0 N–H and O–H groups in total. The Kier molecular flexibility index (Phi) is 3.08. The number of aryl methyl sites for hydroxylation is 1. The summed E-state index contributed by atoms with van der Waals surface area (Å²) in [5.41, 5.74) is 1.02. The van der Waals surface area contributed by atoms with E-state index in [1.54, 1.807) is 17.8 Å². The Bertz CT molecular complexity index is 323. The molecule has 1 heterocycles. The Morgan fingerprint density at radius 3 is 2.86 bits per heavy atom. The molecule has 1 saturated heterocycles. The molecule has 0 saturated carbocycles. The van der Waals surface area contributed by atoms with E-state index < -0.39 is 0 Å². The standard InChI is InChI=1S/C11H13FOS/c1-8-4-10(12)2-3-11(8)14-7-9-5-13-6-9/h2-4,9H,5-7H2,1H3. The minimum atomic E-state index is -0.154. The van der Waals surface area contributed by atoms with Gasteiger partial charge in [0.2, 0.25) is 0 Å². The van der Waals surface area contributed by atoms with Crippen molar-refractivity contribution in [2.24, 2.45) is 5.92 Å². The summed E-state index contributed by atoms with van der Waals surface area (Å²) < 4.78 is 17.9. The first kappa shape index (κ1) is 9.99. The Morgan fingerprint density at radius 1 is 1.50 bits per heavy atom. The van der Waals surface area contributed by atoms with Gasteiger partial charge in [0.1, 0.15) is 5.82 Å². The van der Waals surface area contributed by atoms with Gasteiger partial charge in [0, 0.05) is 16.6 Å². The van der Waals surface area contributed by atoms with Gasteiger partial charge in [-0.05, 0) is 30.7 Å². The molecule has 0 amide bonds. The third kappa shape index (κ3) is 2.28. The maximum atomic E-state index is 12.8. The van der Waals surface area contributed by atoms with E-state index in [0.717, 1.165) is 24.5 Å². The second kappa shape index (κ2) is 4.32. The maximum absolute atomic E-state index is 12.8. The zero-order valence-corrected chi connectivity index (χ0v) is 8.94. The number of halogens is 1. The normalized spacial score (nSPS) is 16.7. The van der Waals surface area contributed by atoms with E-state index in [1.165, 1.54) is 11.0 Å². The molecule has 1 aromatic carbocycles. The van der Waals surface area contributed by atoms with Crippen molar-refractivity contribution >= 4 is 11.8 Å². The van der Waals surface area contributed by atoms with Crippen LogP contribution in [0.25, 0.3) is 0 Å². The predicted octanol–water partition coefficient (Wildman–Crippen LogP) is 2.87. The molecule has 0 unspecified atom stereocenters. The highest BCUT2D eigenvalue weighted by molar-refractivity contribution is 7.99. The van der Waals surface area contributed by atoms with Crippen LogP contribution in [0.3, 0.4) is 0 Å². The third-order valence-corrected chi connectivity index (χ3v) is 3.73. The van der Waals surface area contributed by atoms with Gasteiger partial charge in [-0.25, -0.2) is 4.39 Å². The second-order valence-electron chi connectivity index (χ2n) is 3.62. The monoisotopic (exact) mass is 212 g/mol. The van der Waals surface area contributed by atoms with E-state index in [4.69, 9.17) is 4.74 Å². The summed E-state index contributed by atoms with van der Waals surface area (Å²) in [6, 6.07) is 4.96. The highest BCUT2D eigenvalue weighted by Gasteiger charge is 2.18. The van der Waals surface area contributed by atoms with Gasteiger partial charge in [0.15, 0.2) is 0 Å². The zero-order valence-electron chi connectivity index (χ0n) is 8.13. The SMILES string of the molecule is Cc1cc(F)ccc1SCC1COC1.